The lowest BCUT2D eigenvalue weighted by Gasteiger charge is -2.24. The molecular weight excluding hydrogens is 241 g/mol. The van der Waals surface area contributed by atoms with Crippen molar-refractivity contribution in [3.8, 4) is 0 Å². The maximum absolute atomic E-state index is 13.0. The molecule has 0 bridgehead atoms. The Morgan fingerprint density at radius 3 is 2.37 bits per heavy atom. The van der Waals surface area contributed by atoms with Crippen LogP contribution in [0.25, 0.3) is 0 Å². The summed E-state index contributed by atoms with van der Waals surface area (Å²) in [6.07, 6.45) is 0.174. The molecule has 19 heavy (non-hydrogen) atoms. The van der Waals surface area contributed by atoms with Crippen molar-refractivity contribution >= 4 is 11.4 Å². The third kappa shape index (κ3) is 2.93. The van der Waals surface area contributed by atoms with Crippen molar-refractivity contribution in [3.63, 3.8) is 0 Å². The normalized spacial score (nSPS) is 12.2. The SMILES string of the molecule is CCC(O)c1ccccc1N(C)c1ccc(F)cc1. The lowest BCUT2D eigenvalue weighted by atomic mass is 10.0. The molecule has 2 nitrogen and oxygen atoms in total. The van der Waals surface area contributed by atoms with Gasteiger partial charge in [0.2, 0.25) is 0 Å². The summed E-state index contributed by atoms with van der Waals surface area (Å²) in [5, 5.41) is 10.1. The fourth-order valence-electron chi connectivity index (χ4n) is 2.10. The van der Waals surface area contributed by atoms with Gasteiger partial charge >= 0.3 is 0 Å². The summed E-state index contributed by atoms with van der Waals surface area (Å²) >= 11 is 0. The first-order valence-electron chi connectivity index (χ1n) is 6.39. The summed E-state index contributed by atoms with van der Waals surface area (Å²) in [5.74, 6) is -0.251. The Labute approximate surface area is 113 Å². The molecule has 2 aromatic carbocycles. The number of hydrogen-bond acceptors (Lipinski definition) is 2. The highest BCUT2D eigenvalue weighted by Crippen LogP contribution is 2.31. The Balaban J connectivity index is 2.38. The number of anilines is 2. The smallest absolute Gasteiger partial charge is 0.123 e. The van der Waals surface area contributed by atoms with Gasteiger partial charge in [0.1, 0.15) is 5.82 Å². The number of nitrogens with zero attached hydrogens (tertiary/aromatic N) is 1. The fourth-order valence-corrected chi connectivity index (χ4v) is 2.10. The first-order chi connectivity index (χ1) is 9.13. The lowest BCUT2D eigenvalue weighted by molar-refractivity contribution is 0.174. The first-order valence-corrected chi connectivity index (χ1v) is 6.39. The van der Waals surface area contributed by atoms with Crippen LogP contribution in [0.1, 0.15) is 25.0 Å². The number of hydrogen-bond donors (Lipinski definition) is 1. The molecule has 0 heterocycles. The van der Waals surface area contributed by atoms with Gasteiger partial charge in [-0.15, -0.1) is 0 Å². The van der Waals surface area contributed by atoms with E-state index in [9.17, 15) is 9.50 Å². The molecule has 1 unspecified atom stereocenters. The van der Waals surface area contributed by atoms with Crippen LogP contribution in [0, 0.1) is 5.82 Å². The average Bonchev–Trinajstić information content (AvgIpc) is 2.46. The van der Waals surface area contributed by atoms with Crippen LogP contribution in [-0.4, -0.2) is 12.2 Å². The summed E-state index contributed by atoms with van der Waals surface area (Å²) in [6.45, 7) is 1.94. The van der Waals surface area contributed by atoms with E-state index in [4.69, 9.17) is 0 Å². The molecular formula is C16H18FNO. The number of rotatable bonds is 4. The van der Waals surface area contributed by atoms with E-state index in [1.165, 1.54) is 12.1 Å². The summed E-state index contributed by atoms with van der Waals surface area (Å²) in [6, 6.07) is 14.0. The minimum Gasteiger partial charge on any atom is -0.388 e. The molecule has 100 valence electrons. The zero-order valence-electron chi connectivity index (χ0n) is 11.2. The topological polar surface area (TPSA) is 23.5 Å². The van der Waals surface area contributed by atoms with Crippen molar-refractivity contribution in [1.82, 2.24) is 0 Å². The van der Waals surface area contributed by atoms with Crippen LogP contribution in [0.3, 0.4) is 0 Å². The van der Waals surface area contributed by atoms with E-state index in [0.29, 0.717) is 6.42 Å². The molecule has 2 rings (SSSR count). The molecule has 0 saturated heterocycles. The second-order valence-corrected chi connectivity index (χ2v) is 4.52. The van der Waals surface area contributed by atoms with Crippen LogP contribution in [0.5, 0.6) is 0 Å². The van der Waals surface area contributed by atoms with Crippen LogP contribution in [-0.2, 0) is 0 Å². The molecule has 0 fully saturated rings. The molecule has 0 aromatic heterocycles. The number of benzene rings is 2. The lowest BCUT2D eigenvalue weighted by Crippen LogP contribution is -2.13. The van der Waals surface area contributed by atoms with E-state index in [1.807, 2.05) is 43.1 Å². The number of para-hydroxylation sites is 1. The highest BCUT2D eigenvalue weighted by atomic mass is 19.1. The first kappa shape index (κ1) is 13.6. The second-order valence-electron chi connectivity index (χ2n) is 4.52. The van der Waals surface area contributed by atoms with E-state index in [2.05, 4.69) is 0 Å². The Hall–Kier alpha value is -1.87. The molecule has 1 atom stereocenters. The maximum atomic E-state index is 13.0. The second kappa shape index (κ2) is 5.85. The van der Waals surface area contributed by atoms with E-state index in [1.54, 1.807) is 12.1 Å². The van der Waals surface area contributed by atoms with Gasteiger partial charge < -0.3 is 10.0 Å². The van der Waals surface area contributed by atoms with Crippen molar-refractivity contribution in [2.45, 2.75) is 19.4 Å². The summed E-state index contributed by atoms with van der Waals surface area (Å²) < 4.78 is 13.0. The van der Waals surface area contributed by atoms with Gasteiger partial charge in [-0.25, -0.2) is 4.39 Å². The molecule has 0 saturated carbocycles. The maximum Gasteiger partial charge on any atom is 0.123 e. The molecule has 3 heteroatoms. The highest BCUT2D eigenvalue weighted by Gasteiger charge is 2.14. The van der Waals surface area contributed by atoms with E-state index in [0.717, 1.165) is 16.9 Å². The summed E-state index contributed by atoms with van der Waals surface area (Å²) in [4.78, 5) is 1.95. The molecule has 0 aliphatic carbocycles. The fraction of sp³-hybridized carbons (Fsp3) is 0.250. The Bertz CT molecular complexity index is 539. The van der Waals surface area contributed by atoms with Crippen LogP contribution < -0.4 is 4.90 Å². The van der Waals surface area contributed by atoms with Crippen molar-refractivity contribution in [2.75, 3.05) is 11.9 Å². The minimum absolute atomic E-state index is 0.251. The van der Waals surface area contributed by atoms with Gasteiger partial charge in [-0.2, -0.15) is 0 Å². The van der Waals surface area contributed by atoms with Crippen molar-refractivity contribution in [3.05, 3.63) is 59.9 Å². The number of aliphatic hydroxyl groups is 1. The van der Waals surface area contributed by atoms with Crippen molar-refractivity contribution in [2.24, 2.45) is 0 Å². The van der Waals surface area contributed by atoms with Crippen LogP contribution in [0.15, 0.2) is 48.5 Å². The Kier molecular flexibility index (Phi) is 4.17. The summed E-state index contributed by atoms with van der Waals surface area (Å²) in [5.41, 5.74) is 2.71. The van der Waals surface area contributed by atoms with Crippen LogP contribution in [0.2, 0.25) is 0 Å². The number of aliphatic hydroxyl groups excluding tert-OH is 1. The van der Waals surface area contributed by atoms with Gasteiger partial charge in [0.05, 0.1) is 6.10 Å². The molecule has 0 amide bonds. The van der Waals surface area contributed by atoms with Crippen molar-refractivity contribution < 1.29 is 9.50 Å². The molecule has 0 radical (unpaired) electrons. The predicted molar refractivity (Wildman–Crippen MR) is 76.2 cm³/mol. The quantitative estimate of drug-likeness (QED) is 0.895. The molecule has 2 aromatic rings. The van der Waals surface area contributed by atoms with Gasteiger partial charge in [0.25, 0.3) is 0 Å². The van der Waals surface area contributed by atoms with Gasteiger partial charge in [-0.1, -0.05) is 25.1 Å². The van der Waals surface area contributed by atoms with Crippen molar-refractivity contribution in [1.29, 1.82) is 0 Å². The van der Waals surface area contributed by atoms with Crippen LogP contribution in [0.4, 0.5) is 15.8 Å². The van der Waals surface area contributed by atoms with Gasteiger partial charge in [0.15, 0.2) is 0 Å². The zero-order valence-corrected chi connectivity index (χ0v) is 11.2. The van der Waals surface area contributed by atoms with E-state index in [-0.39, 0.29) is 5.82 Å². The van der Waals surface area contributed by atoms with Crippen LogP contribution >= 0.6 is 0 Å². The highest BCUT2D eigenvalue weighted by molar-refractivity contribution is 5.66. The van der Waals surface area contributed by atoms with E-state index < -0.39 is 6.10 Å². The molecule has 0 spiro atoms. The standard InChI is InChI=1S/C16H18FNO/c1-3-16(19)14-6-4-5-7-15(14)18(2)13-10-8-12(17)9-11-13/h4-11,16,19H,3H2,1-2H3. The largest absolute Gasteiger partial charge is 0.388 e. The molecule has 0 aliphatic heterocycles. The third-order valence-electron chi connectivity index (χ3n) is 3.26. The molecule has 1 N–H and O–H groups in total. The number of halogens is 1. The molecule has 0 aliphatic rings. The third-order valence-corrected chi connectivity index (χ3v) is 3.26. The van der Waals surface area contributed by atoms with Gasteiger partial charge in [-0.3, -0.25) is 0 Å². The van der Waals surface area contributed by atoms with E-state index >= 15 is 0 Å². The Morgan fingerprint density at radius 2 is 1.74 bits per heavy atom. The zero-order chi connectivity index (χ0) is 13.8. The summed E-state index contributed by atoms with van der Waals surface area (Å²) in [7, 11) is 1.91. The Morgan fingerprint density at radius 1 is 1.11 bits per heavy atom. The average molecular weight is 259 g/mol. The van der Waals surface area contributed by atoms with Gasteiger partial charge in [-0.05, 0) is 36.8 Å². The monoisotopic (exact) mass is 259 g/mol. The predicted octanol–water partition coefficient (Wildman–Crippen LogP) is 4.04. The van der Waals surface area contributed by atoms with Gasteiger partial charge in [0, 0.05) is 24.0 Å². The minimum atomic E-state index is -0.487.